The first-order chi connectivity index (χ1) is 10.2. The van der Waals surface area contributed by atoms with Crippen molar-refractivity contribution in [1.29, 1.82) is 0 Å². The van der Waals surface area contributed by atoms with Crippen molar-refractivity contribution >= 4 is 11.7 Å². The molecule has 0 aliphatic carbocycles. The number of ether oxygens (including phenoxy) is 1. The molecule has 0 radical (unpaired) electrons. The number of hydrogen-bond acceptors (Lipinski definition) is 5. The van der Waals surface area contributed by atoms with E-state index in [2.05, 4.69) is 17.2 Å². The van der Waals surface area contributed by atoms with Gasteiger partial charge >= 0.3 is 0 Å². The van der Waals surface area contributed by atoms with E-state index in [1.807, 2.05) is 19.1 Å². The van der Waals surface area contributed by atoms with Crippen molar-refractivity contribution in [2.45, 2.75) is 32.4 Å². The zero-order valence-electron chi connectivity index (χ0n) is 12.6. The molecule has 2 atom stereocenters. The second kappa shape index (κ2) is 7.38. The summed E-state index contributed by atoms with van der Waals surface area (Å²) >= 11 is 0. The smallest absolute Gasteiger partial charge is 0.272 e. The van der Waals surface area contributed by atoms with Crippen molar-refractivity contribution in [2.24, 2.45) is 0 Å². The first-order valence-corrected chi connectivity index (χ1v) is 7.40. The molecule has 1 aromatic heterocycles. The molecule has 1 saturated heterocycles. The van der Waals surface area contributed by atoms with Gasteiger partial charge in [0.05, 0.1) is 25.4 Å². The Morgan fingerprint density at radius 1 is 1.57 bits per heavy atom. The van der Waals surface area contributed by atoms with Gasteiger partial charge in [-0.05, 0) is 25.5 Å². The van der Waals surface area contributed by atoms with Gasteiger partial charge in [-0.1, -0.05) is 13.0 Å². The van der Waals surface area contributed by atoms with E-state index in [1.54, 1.807) is 11.0 Å². The molecule has 21 heavy (non-hydrogen) atoms. The lowest BCUT2D eigenvalue weighted by molar-refractivity contribution is -0.0668. The van der Waals surface area contributed by atoms with Crippen LogP contribution in [0.3, 0.4) is 0 Å². The van der Waals surface area contributed by atoms with E-state index in [0.29, 0.717) is 24.7 Å². The summed E-state index contributed by atoms with van der Waals surface area (Å²) in [5.41, 5.74) is 0.418. The van der Waals surface area contributed by atoms with Crippen LogP contribution in [0.2, 0.25) is 0 Å². The number of rotatable bonds is 5. The summed E-state index contributed by atoms with van der Waals surface area (Å²) in [6.07, 6.45) is 0.685. The van der Waals surface area contributed by atoms with Gasteiger partial charge in [0, 0.05) is 13.1 Å². The van der Waals surface area contributed by atoms with E-state index in [4.69, 9.17) is 4.74 Å². The molecule has 0 aromatic carbocycles. The number of amides is 1. The molecule has 1 aromatic rings. The molecule has 6 nitrogen and oxygen atoms in total. The number of nitrogens with one attached hydrogen (secondary N) is 1. The molecule has 6 heteroatoms. The third-order valence-electron chi connectivity index (χ3n) is 3.49. The maximum Gasteiger partial charge on any atom is 0.272 e. The van der Waals surface area contributed by atoms with Gasteiger partial charge in [0.15, 0.2) is 0 Å². The van der Waals surface area contributed by atoms with E-state index in [9.17, 15) is 9.90 Å². The summed E-state index contributed by atoms with van der Waals surface area (Å²) in [5.74, 6) is 0.590. The maximum absolute atomic E-state index is 12.6. The molecule has 0 saturated carbocycles. The number of nitrogens with zero attached hydrogens (tertiary/aromatic N) is 2. The quantitative estimate of drug-likeness (QED) is 0.851. The number of pyridine rings is 1. The zero-order chi connectivity index (χ0) is 15.2. The molecule has 116 valence electrons. The van der Waals surface area contributed by atoms with Gasteiger partial charge in [0.1, 0.15) is 11.5 Å². The van der Waals surface area contributed by atoms with Crippen molar-refractivity contribution in [3.05, 3.63) is 23.9 Å². The van der Waals surface area contributed by atoms with E-state index >= 15 is 0 Å². The van der Waals surface area contributed by atoms with Crippen molar-refractivity contribution in [3.63, 3.8) is 0 Å². The summed E-state index contributed by atoms with van der Waals surface area (Å²) in [7, 11) is 0. The van der Waals surface area contributed by atoms with Crippen molar-refractivity contribution in [2.75, 3.05) is 31.6 Å². The number of carbonyl (C=O) groups excluding carboxylic acids is 1. The highest BCUT2D eigenvalue weighted by Gasteiger charge is 2.30. The molecule has 0 spiro atoms. The summed E-state index contributed by atoms with van der Waals surface area (Å²) in [6, 6.07) is 5.38. The van der Waals surface area contributed by atoms with Crippen LogP contribution in [-0.2, 0) is 4.74 Å². The van der Waals surface area contributed by atoms with Crippen LogP contribution in [0.15, 0.2) is 18.2 Å². The van der Waals surface area contributed by atoms with Crippen molar-refractivity contribution in [3.8, 4) is 0 Å². The minimum atomic E-state index is -0.313. The maximum atomic E-state index is 12.6. The van der Waals surface area contributed by atoms with Crippen LogP contribution in [0.25, 0.3) is 0 Å². The minimum Gasteiger partial charge on any atom is -0.394 e. The summed E-state index contributed by atoms with van der Waals surface area (Å²) in [4.78, 5) is 18.7. The molecule has 1 aliphatic rings. The highest BCUT2D eigenvalue weighted by molar-refractivity contribution is 5.93. The van der Waals surface area contributed by atoms with Gasteiger partial charge in [0.2, 0.25) is 0 Å². The fraction of sp³-hybridized carbons (Fsp3) is 0.600. The Bertz CT molecular complexity index is 481. The number of morpholine rings is 1. The Kier molecular flexibility index (Phi) is 5.52. The Labute approximate surface area is 125 Å². The molecule has 1 aliphatic heterocycles. The van der Waals surface area contributed by atoms with E-state index in [1.165, 1.54) is 0 Å². The standard InChI is InChI=1S/C15H23N3O3/c1-3-7-16-14-6-4-5-13(17-14)15(20)18-8-12(9-19)21-10-11(18)2/h4-6,11-12,19H,3,7-10H2,1-2H3,(H,16,17). The predicted molar refractivity (Wildman–Crippen MR) is 80.3 cm³/mol. The molecule has 1 fully saturated rings. The number of carbonyl (C=O) groups is 1. The van der Waals surface area contributed by atoms with Crippen molar-refractivity contribution in [1.82, 2.24) is 9.88 Å². The lowest BCUT2D eigenvalue weighted by atomic mass is 10.1. The van der Waals surface area contributed by atoms with Gasteiger partial charge in [0.25, 0.3) is 5.91 Å². The lowest BCUT2D eigenvalue weighted by Gasteiger charge is -2.37. The molecule has 2 N–H and O–H groups in total. The average Bonchev–Trinajstić information content (AvgIpc) is 2.53. The Balaban J connectivity index is 2.11. The van der Waals surface area contributed by atoms with Crippen LogP contribution < -0.4 is 5.32 Å². The van der Waals surface area contributed by atoms with Crippen molar-refractivity contribution < 1.29 is 14.6 Å². The second-order valence-electron chi connectivity index (χ2n) is 5.28. The van der Waals surface area contributed by atoms with E-state index in [0.717, 1.165) is 13.0 Å². The average molecular weight is 293 g/mol. The van der Waals surface area contributed by atoms with Gasteiger partial charge in [-0.15, -0.1) is 0 Å². The molecule has 0 bridgehead atoms. The Hall–Kier alpha value is -1.66. The number of aromatic nitrogens is 1. The number of hydrogen-bond donors (Lipinski definition) is 2. The highest BCUT2D eigenvalue weighted by atomic mass is 16.5. The number of aliphatic hydroxyl groups excluding tert-OH is 1. The van der Waals surface area contributed by atoms with Crippen LogP contribution in [-0.4, -0.2) is 59.3 Å². The number of aliphatic hydroxyl groups is 1. The zero-order valence-corrected chi connectivity index (χ0v) is 12.6. The van der Waals surface area contributed by atoms with Crippen LogP contribution >= 0.6 is 0 Å². The third-order valence-corrected chi connectivity index (χ3v) is 3.49. The first kappa shape index (κ1) is 15.7. The van der Waals surface area contributed by atoms with Gasteiger partial charge in [-0.3, -0.25) is 4.79 Å². The second-order valence-corrected chi connectivity index (χ2v) is 5.28. The molecule has 2 rings (SSSR count). The topological polar surface area (TPSA) is 74.7 Å². The van der Waals surface area contributed by atoms with Gasteiger partial charge in [-0.25, -0.2) is 4.98 Å². The third kappa shape index (κ3) is 3.92. The van der Waals surface area contributed by atoms with Crippen LogP contribution in [0.5, 0.6) is 0 Å². The largest absolute Gasteiger partial charge is 0.394 e. The summed E-state index contributed by atoms with van der Waals surface area (Å²) in [5, 5.41) is 12.4. The highest BCUT2D eigenvalue weighted by Crippen LogP contribution is 2.15. The monoisotopic (exact) mass is 293 g/mol. The first-order valence-electron chi connectivity index (χ1n) is 7.40. The van der Waals surface area contributed by atoms with Gasteiger partial charge in [-0.2, -0.15) is 0 Å². The molecular weight excluding hydrogens is 270 g/mol. The number of anilines is 1. The predicted octanol–water partition coefficient (Wildman–Crippen LogP) is 1.13. The molecule has 1 amide bonds. The van der Waals surface area contributed by atoms with E-state index < -0.39 is 0 Å². The molecule has 2 unspecified atom stereocenters. The SMILES string of the molecule is CCCNc1cccc(C(=O)N2CC(CO)OCC2C)n1. The molecule has 2 heterocycles. The summed E-state index contributed by atoms with van der Waals surface area (Å²) < 4.78 is 5.46. The fourth-order valence-corrected chi connectivity index (χ4v) is 2.26. The normalized spacial score (nSPS) is 22.1. The fourth-order valence-electron chi connectivity index (χ4n) is 2.26. The summed E-state index contributed by atoms with van der Waals surface area (Å²) in [6.45, 7) is 5.58. The van der Waals surface area contributed by atoms with Crippen LogP contribution in [0.4, 0.5) is 5.82 Å². The minimum absolute atomic E-state index is 0.0191. The Morgan fingerprint density at radius 3 is 3.10 bits per heavy atom. The van der Waals surface area contributed by atoms with Crippen LogP contribution in [0, 0.1) is 0 Å². The van der Waals surface area contributed by atoms with Gasteiger partial charge < -0.3 is 20.1 Å². The van der Waals surface area contributed by atoms with E-state index in [-0.39, 0.29) is 24.7 Å². The Morgan fingerprint density at radius 2 is 2.38 bits per heavy atom. The lowest BCUT2D eigenvalue weighted by Crippen LogP contribution is -2.52. The van der Waals surface area contributed by atoms with Crippen LogP contribution in [0.1, 0.15) is 30.8 Å². The molecular formula is C15H23N3O3.